The molecular weight excluding hydrogens is 432 g/mol. The number of aromatic nitrogens is 4. The number of hydrogen-bond donors (Lipinski definition) is 2. The van der Waals surface area contributed by atoms with Crippen LogP contribution < -0.4 is 20.3 Å². The summed E-state index contributed by atoms with van der Waals surface area (Å²) >= 11 is 6.88. The van der Waals surface area contributed by atoms with Crippen molar-refractivity contribution < 1.29 is 19.1 Å². The van der Waals surface area contributed by atoms with Crippen LogP contribution in [0.2, 0.25) is 5.02 Å². The molecule has 0 spiro atoms. The lowest BCUT2D eigenvalue weighted by Crippen LogP contribution is -2.44. The molecule has 0 fully saturated rings. The van der Waals surface area contributed by atoms with Gasteiger partial charge in [-0.05, 0) is 46.8 Å². The van der Waals surface area contributed by atoms with Gasteiger partial charge in [0, 0.05) is 5.02 Å². The van der Waals surface area contributed by atoms with Crippen LogP contribution in [-0.2, 0) is 9.59 Å². The van der Waals surface area contributed by atoms with Crippen LogP contribution in [0.5, 0.6) is 11.5 Å². The highest BCUT2D eigenvalue weighted by atomic mass is 35.5. The van der Waals surface area contributed by atoms with E-state index in [1.807, 2.05) is 12.1 Å². The minimum absolute atomic E-state index is 0.0200. The number of methoxy groups -OCH3 is 1. The molecule has 0 radical (unpaired) electrons. The van der Waals surface area contributed by atoms with Crippen LogP contribution in [0.4, 0.5) is 0 Å². The Bertz CT molecular complexity index is 1010. The van der Waals surface area contributed by atoms with Gasteiger partial charge in [0.25, 0.3) is 5.91 Å². The number of thioether (sulfide) groups is 1. The monoisotopic (exact) mass is 448 g/mol. The van der Waals surface area contributed by atoms with Crippen molar-refractivity contribution in [3.8, 4) is 17.2 Å². The van der Waals surface area contributed by atoms with Gasteiger partial charge in [0.1, 0.15) is 17.2 Å². The maximum absolute atomic E-state index is 12.0. The average Bonchev–Trinajstić information content (AvgIpc) is 3.24. The van der Waals surface area contributed by atoms with E-state index in [1.54, 1.807) is 43.5 Å². The number of para-hydroxylation sites is 2. The molecule has 10 nitrogen and oxygen atoms in total. The second-order valence-electron chi connectivity index (χ2n) is 5.67. The van der Waals surface area contributed by atoms with Crippen molar-refractivity contribution in [2.24, 2.45) is 0 Å². The van der Waals surface area contributed by atoms with Gasteiger partial charge in [-0.25, -0.2) is 0 Å². The standard InChI is InChI=1S/C18H17ClN6O4S/c1-28-15-5-3-2-4-14(15)25-18(22-23-24-25)30-11-17(27)21-20-16(26)10-29-13-8-6-12(19)7-9-13/h2-9H,10-11H2,1H3,(H,20,26)(H,21,27). The quantitative estimate of drug-likeness (QED) is 0.394. The first-order valence-corrected chi connectivity index (χ1v) is 9.94. The number of rotatable bonds is 8. The van der Waals surface area contributed by atoms with Crippen molar-refractivity contribution in [1.29, 1.82) is 0 Å². The molecule has 0 aliphatic heterocycles. The zero-order valence-corrected chi connectivity index (χ0v) is 17.3. The van der Waals surface area contributed by atoms with E-state index in [2.05, 4.69) is 26.4 Å². The second-order valence-corrected chi connectivity index (χ2v) is 7.05. The van der Waals surface area contributed by atoms with Crippen LogP contribution >= 0.6 is 23.4 Å². The van der Waals surface area contributed by atoms with E-state index in [9.17, 15) is 9.59 Å². The Morgan fingerprint density at radius 1 is 1.10 bits per heavy atom. The summed E-state index contributed by atoms with van der Waals surface area (Å²) in [6.07, 6.45) is 0. The minimum atomic E-state index is -0.512. The van der Waals surface area contributed by atoms with E-state index in [0.717, 1.165) is 11.8 Å². The van der Waals surface area contributed by atoms with Gasteiger partial charge in [-0.2, -0.15) is 4.68 Å². The third kappa shape index (κ3) is 5.84. The molecule has 2 aromatic carbocycles. The summed E-state index contributed by atoms with van der Waals surface area (Å²) in [6, 6.07) is 13.8. The van der Waals surface area contributed by atoms with Crippen LogP contribution in [0.15, 0.2) is 53.7 Å². The van der Waals surface area contributed by atoms with Crippen LogP contribution in [0.3, 0.4) is 0 Å². The number of amides is 2. The molecule has 1 aromatic heterocycles. The van der Waals surface area contributed by atoms with E-state index in [1.165, 1.54) is 4.68 Å². The third-order valence-electron chi connectivity index (χ3n) is 3.61. The number of nitrogens with one attached hydrogen (secondary N) is 2. The summed E-state index contributed by atoms with van der Waals surface area (Å²) in [6.45, 7) is -0.263. The smallest absolute Gasteiger partial charge is 0.276 e. The van der Waals surface area contributed by atoms with Gasteiger partial charge >= 0.3 is 0 Å². The number of carbonyl (C=O) groups excluding carboxylic acids is 2. The summed E-state index contributed by atoms with van der Waals surface area (Å²) in [5.41, 5.74) is 5.23. The summed E-state index contributed by atoms with van der Waals surface area (Å²) in [5, 5.41) is 12.5. The predicted octanol–water partition coefficient (Wildman–Crippen LogP) is 1.64. The Hall–Kier alpha value is -3.31. The first kappa shape index (κ1) is 21.4. The SMILES string of the molecule is COc1ccccc1-n1nnnc1SCC(=O)NNC(=O)COc1ccc(Cl)cc1. The zero-order chi connectivity index (χ0) is 21.3. The lowest BCUT2D eigenvalue weighted by Gasteiger charge is -2.10. The number of halogens is 1. The molecule has 0 saturated heterocycles. The van der Waals surface area contributed by atoms with Crippen LogP contribution in [0.1, 0.15) is 0 Å². The number of benzene rings is 2. The molecule has 0 bridgehead atoms. The molecule has 0 aliphatic rings. The fraction of sp³-hybridized carbons (Fsp3) is 0.167. The molecule has 0 unspecified atom stereocenters. The van der Waals surface area contributed by atoms with E-state index in [0.29, 0.717) is 27.4 Å². The molecule has 3 rings (SSSR count). The molecular formula is C18H17ClN6O4S. The van der Waals surface area contributed by atoms with Crippen molar-refractivity contribution in [2.45, 2.75) is 5.16 Å². The number of tetrazole rings is 1. The van der Waals surface area contributed by atoms with E-state index < -0.39 is 11.8 Å². The Balaban J connectivity index is 1.46. The number of hydrazine groups is 1. The molecule has 1 heterocycles. The maximum Gasteiger partial charge on any atom is 0.276 e. The first-order chi connectivity index (χ1) is 14.6. The molecule has 2 N–H and O–H groups in total. The fourth-order valence-corrected chi connectivity index (χ4v) is 3.06. The van der Waals surface area contributed by atoms with Gasteiger partial charge in [0.2, 0.25) is 11.1 Å². The van der Waals surface area contributed by atoms with Crippen molar-refractivity contribution in [1.82, 2.24) is 31.1 Å². The zero-order valence-electron chi connectivity index (χ0n) is 15.7. The van der Waals surface area contributed by atoms with Crippen LogP contribution in [0, 0.1) is 0 Å². The molecule has 12 heteroatoms. The first-order valence-electron chi connectivity index (χ1n) is 8.57. The largest absolute Gasteiger partial charge is 0.494 e. The summed E-state index contributed by atoms with van der Waals surface area (Å²) in [4.78, 5) is 23.8. The Morgan fingerprint density at radius 3 is 2.60 bits per heavy atom. The van der Waals surface area contributed by atoms with Gasteiger partial charge in [0.15, 0.2) is 6.61 Å². The van der Waals surface area contributed by atoms with Crippen LogP contribution in [-0.4, -0.2) is 51.5 Å². The molecule has 0 saturated carbocycles. The normalized spacial score (nSPS) is 10.3. The number of hydrogen-bond acceptors (Lipinski definition) is 8. The maximum atomic E-state index is 12.0. The summed E-state index contributed by atoms with van der Waals surface area (Å²) in [7, 11) is 1.54. The van der Waals surface area contributed by atoms with E-state index >= 15 is 0 Å². The van der Waals surface area contributed by atoms with Crippen LogP contribution in [0.25, 0.3) is 5.69 Å². The molecule has 0 atom stereocenters. The highest BCUT2D eigenvalue weighted by Gasteiger charge is 2.15. The number of nitrogens with zero attached hydrogens (tertiary/aromatic N) is 4. The summed E-state index contributed by atoms with van der Waals surface area (Å²) < 4.78 is 12.1. The molecule has 0 aliphatic carbocycles. The van der Waals surface area contributed by atoms with Gasteiger partial charge in [-0.1, -0.05) is 35.5 Å². The van der Waals surface area contributed by atoms with Crippen molar-refractivity contribution in [3.63, 3.8) is 0 Å². The molecule has 2 amide bonds. The van der Waals surface area contributed by atoms with Crippen molar-refractivity contribution in [3.05, 3.63) is 53.6 Å². The predicted molar refractivity (Wildman–Crippen MR) is 110 cm³/mol. The molecule has 156 valence electrons. The average molecular weight is 449 g/mol. The lowest BCUT2D eigenvalue weighted by atomic mass is 10.3. The topological polar surface area (TPSA) is 120 Å². The Labute approximate surface area is 180 Å². The highest BCUT2D eigenvalue weighted by Crippen LogP contribution is 2.25. The fourth-order valence-electron chi connectivity index (χ4n) is 2.25. The minimum Gasteiger partial charge on any atom is -0.494 e. The molecule has 30 heavy (non-hydrogen) atoms. The van der Waals surface area contributed by atoms with Crippen molar-refractivity contribution >= 4 is 35.2 Å². The highest BCUT2D eigenvalue weighted by molar-refractivity contribution is 7.99. The van der Waals surface area contributed by atoms with Crippen molar-refractivity contribution in [2.75, 3.05) is 19.5 Å². The lowest BCUT2D eigenvalue weighted by molar-refractivity contribution is -0.128. The third-order valence-corrected chi connectivity index (χ3v) is 4.78. The van der Waals surface area contributed by atoms with Gasteiger partial charge in [-0.3, -0.25) is 20.4 Å². The summed E-state index contributed by atoms with van der Waals surface area (Å²) in [5.74, 6) is 0.105. The second kappa shape index (κ2) is 10.5. The van der Waals surface area contributed by atoms with Gasteiger partial charge < -0.3 is 9.47 Å². The van der Waals surface area contributed by atoms with Gasteiger partial charge in [0.05, 0.1) is 12.9 Å². The molecule has 3 aromatic rings. The van der Waals surface area contributed by atoms with E-state index in [-0.39, 0.29) is 12.4 Å². The van der Waals surface area contributed by atoms with E-state index in [4.69, 9.17) is 21.1 Å². The number of ether oxygens (including phenoxy) is 2. The Kier molecular flexibility index (Phi) is 7.46. The van der Waals surface area contributed by atoms with Gasteiger partial charge in [-0.15, -0.1) is 5.10 Å². The number of carbonyl (C=O) groups is 2. The Morgan fingerprint density at radius 2 is 1.83 bits per heavy atom.